The Bertz CT molecular complexity index is 834. The standard InChI is InChI=1S/C20H19NO3/c1-15-7-9-16(10-8-15)20(23)19-6-3-11-21(19)12-13-24-18-5-2-4-17(22)14-18/h2-11,14,22H,12-13H2,1H3. The third kappa shape index (κ3) is 3.66. The molecular formula is C20H19NO3. The number of hydrogen-bond donors (Lipinski definition) is 1. The van der Waals surface area contributed by atoms with Gasteiger partial charge in [0, 0.05) is 17.8 Å². The summed E-state index contributed by atoms with van der Waals surface area (Å²) in [6, 6.07) is 17.9. The fourth-order valence-electron chi connectivity index (χ4n) is 2.50. The minimum atomic E-state index is -0.00245. The van der Waals surface area contributed by atoms with E-state index < -0.39 is 0 Å². The lowest BCUT2D eigenvalue weighted by molar-refractivity contribution is 0.102. The highest BCUT2D eigenvalue weighted by molar-refractivity contribution is 6.08. The van der Waals surface area contributed by atoms with E-state index >= 15 is 0 Å². The number of aromatic hydroxyl groups is 1. The number of benzene rings is 2. The van der Waals surface area contributed by atoms with Crippen LogP contribution < -0.4 is 4.74 Å². The van der Waals surface area contributed by atoms with E-state index in [0.29, 0.717) is 30.2 Å². The normalized spacial score (nSPS) is 10.5. The molecule has 0 radical (unpaired) electrons. The van der Waals surface area contributed by atoms with Crippen molar-refractivity contribution in [1.82, 2.24) is 4.57 Å². The van der Waals surface area contributed by atoms with Gasteiger partial charge in [-0.3, -0.25) is 4.79 Å². The van der Waals surface area contributed by atoms with Crippen molar-refractivity contribution in [3.63, 3.8) is 0 Å². The maximum absolute atomic E-state index is 12.6. The minimum Gasteiger partial charge on any atom is -0.508 e. The van der Waals surface area contributed by atoms with Crippen molar-refractivity contribution in [2.75, 3.05) is 6.61 Å². The Kier molecular flexibility index (Phi) is 4.66. The maximum Gasteiger partial charge on any atom is 0.209 e. The summed E-state index contributed by atoms with van der Waals surface area (Å²) in [4.78, 5) is 12.6. The van der Waals surface area contributed by atoms with E-state index in [1.165, 1.54) is 0 Å². The summed E-state index contributed by atoms with van der Waals surface area (Å²) >= 11 is 0. The molecule has 0 aliphatic carbocycles. The number of aromatic nitrogens is 1. The van der Waals surface area contributed by atoms with E-state index in [4.69, 9.17) is 4.74 Å². The highest BCUT2D eigenvalue weighted by Gasteiger charge is 2.13. The average molecular weight is 321 g/mol. The van der Waals surface area contributed by atoms with Gasteiger partial charge in [0.05, 0.1) is 12.2 Å². The van der Waals surface area contributed by atoms with E-state index in [-0.39, 0.29) is 11.5 Å². The Labute approximate surface area is 140 Å². The zero-order valence-corrected chi connectivity index (χ0v) is 13.5. The third-order valence-electron chi connectivity index (χ3n) is 3.79. The van der Waals surface area contributed by atoms with Crippen LogP contribution in [0.3, 0.4) is 0 Å². The molecular weight excluding hydrogens is 302 g/mol. The monoisotopic (exact) mass is 321 g/mol. The fourth-order valence-corrected chi connectivity index (χ4v) is 2.50. The van der Waals surface area contributed by atoms with E-state index in [1.807, 2.05) is 54.1 Å². The molecule has 0 aliphatic rings. The fraction of sp³-hybridized carbons (Fsp3) is 0.150. The molecule has 2 aromatic carbocycles. The number of ketones is 1. The molecule has 3 rings (SSSR count). The van der Waals surface area contributed by atoms with Crippen molar-refractivity contribution in [2.45, 2.75) is 13.5 Å². The van der Waals surface area contributed by atoms with Crippen LogP contribution in [0.4, 0.5) is 0 Å². The molecule has 0 fully saturated rings. The molecule has 1 heterocycles. The molecule has 122 valence electrons. The third-order valence-corrected chi connectivity index (χ3v) is 3.79. The van der Waals surface area contributed by atoms with Gasteiger partial charge in [0.15, 0.2) is 0 Å². The van der Waals surface area contributed by atoms with Crippen LogP contribution in [0.5, 0.6) is 11.5 Å². The Balaban J connectivity index is 1.66. The number of phenols is 1. The molecule has 0 atom stereocenters. The maximum atomic E-state index is 12.6. The van der Waals surface area contributed by atoms with Gasteiger partial charge in [-0.1, -0.05) is 35.9 Å². The topological polar surface area (TPSA) is 51.5 Å². The van der Waals surface area contributed by atoms with Crippen LogP contribution in [0.25, 0.3) is 0 Å². The van der Waals surface area contributed by atoms with Gasteiger partial charge in [-0.25, -0.2) is 0 Å². The molecule has 0 amide bonds. The first-order chi connectivity index (χ1) is 11.6. The first kappa shape index (κ1) is 15.9. The summed E-state index contributed by atoms with van der Waals surface area (Å²) in [5.74, 6) is 0.773. The number of phenolic OH excluding ortho intramolecular Hbond substituents is 1. The summed E-state index contributed by atoms with van der Waals surface area (Å²) in [5.41, 5.74) is 2.44. The summed E-state index contributed by atoms with van der Waals surface area (Å²) in [6.07, 6.45) is 1.87. The number of ether oxygens (including phenoxy) is 1. The largest absolute Gasteiger partial charge is 0.508 e. The van der Waals surface area contributed by atoms with E-state index in [0.717, 1.165) is 5.56 Å². The Hall–Kier alpha value is -3.01. The molecule has 1 N–H and O–H groups in total. The van der Waals surface area contributed by atoms with Crippen molar-refractivity contribution in [1.29, 1.82) is 0 Å². The first-order valence-electron chi connectivity index (χ1n) is 7.82. The van der Waals surface area contributed by atoms with Crippen molar-refractivity contribution >= 4 is 5.78 Å². The molecule has 0 unspecified atom stereocenters. The molecule has 0 aliphatic heterocycles. The highest BCUT2D eigenvalue weighted by Crippen LogP contribution is 2.18. The summed E-state index contributed by atoms with van der Waals surface area (Å²) in [5, 5.41) is 9.43. The van der Waals surface area contributed by atoms with Crippen LogP contribution in [0.2, 0.25) is 0 Å². The molecule has 4 heteroatoms. The molecule has 4 nitrogen and oxygen atoms in total. The lowest BCUT2D eigenvalue weighted by Gasteiger charge is -2.10. The van der Waals surface area contributed by atoms with Gasteiger partial charge in [-0.2, -0.15) is 0 Å². The SMILES string of the molecule is Cc1ccc(C(=O)c2cccn2CCOc2cccc(O)c2)cc1. The number of carbonyl (C=O) groups is 1. The van der Waals surface area contributed by atoms with Gasteiger partial charge in [-0.15, -0.1) is 0 Å². The Morgan fingerprint density at radius 3 is 2.62 bits per heavy atom. The van der Waals surface area contributed by atoms with Crippen LogP contribution in [-0.2, 0) is 6.54 Å². The van der Waals surface area contributed by atoms with E-state index in [1.54, 1.807) is 24.3 Å². The number of carbonyl (C=O) groups excluding carboxylic acids is 1. The second-order valence-electron chi connectivity index (χ2n) is 5.63. The van der Waals surface area contributed by atoms with Crippen LogP contribution in [0, 0.1) is 6.92 Å². The summed E-state index contributed by atoms with van der Waals surface area (Å²) < 4.78 is 7.50. The number of nitrogens with zero attached hydrogens (tertiary/aromatic N) is 1. The number of hydrogen-bond acceptors (Lipinski definition) is 3. The molecule has 0 spiro atoms. The van der Waals surface area contributed by atoms with Gasteiger partial charge in [-0.05, 0) is 31.2 Å². The van der Waals surface area contributed by atoms with Crippen molar-refractivity contribution in [3.05, 3.63) is 83.7 Å². The highest BCUT2D eigenvalue weighted by atomic mass is 16.5. The molecule has 3 aromatic rings. The van der Waals surface area contributed by atoms with Gasteiger partial charge < -0.3 is 14.4 Å². The van der Waals surface area contributed by atoms with Crippen LogP contribution in [0.15, 0.2) is 66.9 Å². The minimum absolute atomic E-state index is 0.00245. The van der Waals surface area contributed by atoms with Crippen molar-refractivity contribution in [3.8, 4) is 11.5 Å². The summed E-state index contributed by atoms with van der Waals surface area (Å²) in [7, 11) is 0. The molecule has 1 aromatic heterocycles. The first-order valence-corrected chi connectivity index (χ1v) is 7.82. The zero-order valence-electron chi connectivity index (χ0n) is 13.5. The number of aryl methyl sites for hydroxylation is 1. The van der Waals surface area contributed by atoms with Gasteiger partial charge in [0.1, 0.15) is 18.1 Å². The quantitative estimate of drug-likeness (QED) is 0.702. The van der Waals surface area contributed by atoms with E-state index in [9.17, 15) is 9.90 Å². The molecule has 24 heavy (non-hydrogen) atoms. The lowest BCUT2D eigenvalue weighted by Crippen LogP contribution is -2.14. The molecule has 0 saturated heterocycles. The van der Waals surface area contributed by atoms with Crippen LogP contribution >= 0.6 is 0 Å². The molecule has 0 saturated carbocycles. The Morgan fingerprint density at radius 1 is 1.08 bits per heavy atom. The van der Waals surface area contributed by atoms with Crippen molar-refractivity contribution in [2.24, 2.45) is 0 Å². The van der Waals surface area contributed by atoms with Gasteiger partial charge >= 0.3 is 0 Å². The van der Waals surface area contributed by atoms with Crippen LogP contribution in [0.1, 0.15) is 21.6 Å². The van der Waals surface area contributed by atoms with E-state index in [2.05, 4.69) is 0 Å². The lowest BCUT2D eigenvalue weighted by atomic mass is 10.1. The van der Waals surface area contributed by atoms with Crippen molar-refractivity contribution < 1.29 is 14.6 Å². The zero-order chi connectivity index (χ0) is 16.9. The van der Waals surface area contributed by atoms with Gasteiger partial charge in [0.25, 0.3) is 0 Å². The number of rotatable bonds is 6. The predicted molar refractivity (Wildman–Crippen MR) is 92.6 cm³/mol. The summed E-state index contributed by atoms with van der Waals surface area (Å²) in [6.45, 7) is 2.96. The molecule has 0 bridgehead atoms. The second kappa shape index (κ2) is 7.04. The average Bonchev–Trinajstić information content (AvgIpc) is 3.03. The Morgan fingerprint density at radius 2 is 1.88 bits per heavy atom. The van der Waals surface area contributed by atoms with Gasteiger partial charge in [0.2, 0.25) is 5.78 Å². The predicted octanol–water partition coefficient (Wildman–Crippen LogP) is 3.81. The van der Waals surface area contributed by atoms with Crippen LogP contribution in [-0.4, -0.2) is 22.1 Å². The smallest absolute Gasteiger partial charge is 0.209 e. The second-order valence-corrected chi connectivity index (χ2v) is 5.63.